The maximum absolute atomic E-state index is 12.0. The lowest BCUT2D eigenvalue weighted by molar-refractivity contribution is -0.132. The second-order valence-electron chi connectivity index (χ2n) is 4.76. The summed E-state index contributed by atoms with van der Waals surface area (Å²) in [7, 11) is 0. The van der Waals surface area contributed by atoms with Crippen molar-refractivity contribution in [2.24, 2.45) is 5.73 Å². The molecular weight excluding hydrogens is 289 g/mol. The van der Waals surface area contributed by atoms with Crippen molar-refractivity contribution in [2.75, 3.05) is 13.1 Å². The van der Waals surface area contributed by atoms with Gasteiger partial charge in [-0.05, 0) is 37.8 Å². The van der Waals surface area contributed by atoms with Crippen LogP contribution in [0.15, 0.2) is 4.52 Å². The van der Waals surface area contributed by atoms with Gasteiger partial charge in [0.15, 0.2) is 0 Å². The summed E-state index contributed by atoms with van der Waals surface area (Å²) in [4.78, 5) is 13.9. The summed E-state index contributed by atoms with van der Waals surface area (Å²) in [6.45, 7) is 3.30. The largest absolute Gasteiger partial charge is 0.344 e. The monoisotopic (exact) mass is 307 g/mol. The van der Waals surface area contributed by atoms with E-state index in [1.54, 1.807) is 0 Å². The minimum atomic E-state index is 0. The average Bonchev–Trinajstić information content (AvgIpc) is 2.66. The number of aromatic nitrogens is 1. The van der Waals surface area contributed by atoms with E-state index in [1.165, 1.54) is 0 Å². The number of amides is 1. The number of piperidine rings is 1. The van der Waals surface area contributed by atoms with E-state index < -0.39 is 0 Å². The molecule has 1 aliphatic rings. The standard InChI is InChI=1S/C12H18ClN3O2.ClH/c1-8-10(12(13)18-15-8)4-5-11(17)16-6-2-3-9(14)7-16;/h9H,2-7,14H2,1H3;1H. The SMILES string of the molecule is Cc1noc(Cl)c1CCC(=O)N1CCCC(N)C1.Cl. The van der Waals surface area contributed by atoms with E-state index >= 15 is 0 Å². The number of rotatable bonds is 3. The Kier molecular flexibility index (Phi) is 6.10. The molecule has 5 nitrogen and oxygen atoms in total. The third-order valence-electron chi connectivity index (χ3n) is 3.34. The molecular formula is C12H19Cl2N3O2. The van der Waals surface area contributed by atoms with E-state index in [-0.39, 0.29) is 29.6 Å². The fraction of sp³-hybridized carbons (Fsp3) is 0.667. The molecule has 2 heterocycles. The number of hydrogen-bond acceptors (Lipinski definition) is 4. The van der Waals surface area contributed by atoms with Crippen LogP contribution in [0.25, 0.3) is 0 Å². The second-order valence-corrected chi connectivity index (χ2v) is 5.11. The molecule has 0 aromatic carbocycles. The average molecular weight is 308 g/mol. The molecule has 2 rings (SSSR count). The number of carbonyl (C=O) groups excluding carboxylic acids is 1. The van der Waals surface area contributed by atoms with Gasteiger partial charge in [0.1, 0.15) is 0 Å². The first-order valence-corrected chi connectivity index (χ1v) is 6.59. The molecule has 2 N–H and O–H groups in total. The molecule has 1 amide bonds. The molecule has 0 radical (unpaired) electrons. The van der Waals surface area contributed by atoms with Crippen LogP contribution in [0.2, 0.25) is 5.22 Å². The van der Waals surface area contributed by atoms with Crippen molar-refractivity contribution in [1.82, 2.24) is 10.1 Å². The zero-order valence-electron chi connectivity index (χ0n) is 10.9. The minimum absolute atomic E-state index is 0. The van der Waals surface area contributed by atoms with Crippen LogP contribution < -0.4 is 5.73 Å². The number of nitrogens with zero attached hydrogens (tertiary/aromatic N) is 2. The third-order valence-corrected chi connectivity index (χ3v) is 3.63. The molecule has 108 valence electrons. The number of aryl methyl sites for hydroxylation is 1. The van der Waals surface area contributed by atoms with Gasteiger partial charge in [-0.1, -0.05) is 5.16 Å². The highest BCUT2D eigenvalue weighted by molar-refractivity contribution is 6.29. The fourth-order valence-corrected chi connectivity index (χ4v) is 2.53. The van der Waals surface area contributed by atoms with Gasteiger partial charge >= 0.3 is 0 Å². The van der Waals surface area contributed by atoms with Crippen molar-refractivity contribution in [1.29, 1.82) is 0 Å². The first kappa shape index (κ1) is 16.3. The van der Waals surface area contributed by atoms with Crippen LogP contribution in [-0.4, -0.2) is 35.1 Å². The van der Waals surface area contributed by atoms with Crippen LogP contribution in [0, 0.1) is 6.92 Å². The molecule has 1 aromatic rings. The number of hydrogen-bond donors (Lipinski definition) is 1. The summed E-state index contributed by atoms with van der Waals surface area (Å²) >= 11 is 5.86. The summed E-state index contributed by atoms with van der Waals surface area (Å²) in [5, 5.41) is 4.05. The Hall–Kier alpha value is -0.780. The molecule has 0 bridgehead atoms. The van der Waals surface area contributed by atoms with Crippen LogP contribution >= 0.6 is 24.0 Å². The van der Waals surface area contributed by atoms with Crippen LogP contribution in [0.1, 0.15) is 30.5 Å². The topological polar surface area (TPSA) is 72.4 Å². The lowest BCUT2D eigenvalue weighted by Crippen LogP contribution is -2.45. The normalized spacial score (nSPS) is 19.1. The molecule has 0 aliphatic carbocycles. The number of halogens is 2. The Morgan fingerprint density at radius 2 is 2.37 bits per heavy atom. The highest BCUT2D eigenvalue weighted by Gasteiger charge is 2.21. The number of nitrogens with two attached hydrogens (primary N) is 1. The van der Waals surface area contributed by atoms with E-state index in [2.05, 4.69) is 5.16 Å². The van der Waals surface area contributed by atoms with Gasteiger partial charge < -0.3 is 15.2 Å². The summed E-state index contributed by atoms with van der Waals surface area (Å²) in [5.74, 6) is 0.127. The Bertz CT molecular complexity index is 417. The summed E-state index contributed by atoms with van der Waals surface area (Å²) < 4.78 is 4.86. The lowest BCUT2D eigenvalue weighted by atomic mass is 10.1. The molecule has 1 fully saturated rings. The zero-order valence-corrected chi connectivity index (χ0v) is 12.5. The van der Waals surface area contributed by atoms with Crippen molar-refractivity contribution in [3.8, 4) is 0 Å². The molecule has 1 unspecified atom stereocenters. The van der Waals surface area contributed by atoms with Gasteiger partial charge in [0.25, 0.3) is 0 Å². The smallest absolute Gasteiger partial charge is 0.229 e. The summed E-state index contributed by atoms with van der Waals surface area (Å²) in [6, 6.07) is 0.114. The van der Waals surface area contributed by atoms with Gasteiger partial charge in [-0.25, -0.2) is 0 Å². The Balaban J connectivity index is 0.00000180. The summed E-state index contributed by atoms with van der Waals surface area (Å²) in [5.41, 5.74) is 7.44. The Labute approximate surface area is 123 Å². The second kappa shape index (κ2) is 7.12. The molecule has 1 aromatic heterocycles. The maximum atomic E-state index is 12.0. The first-order valence-electron chi connectivity index (χ1n) is 6.22. The lowest BCUT2D eigenvalue weighted by Gasteiger charge is -2.30. The summed E-state index contributed by atoms with van der Waals surface area (Å²) in [6.07, 6.45) is 2.98. The first-order chi connectivity index (χ1) is 8.58. The highest BCUT2D eigenvalue weighted by atomic mass is 35.5. The van der Waals surface area contributed by atoms with Crippen molar-refractivity contribution in [3.63, 3.8) is 0 Å². The molecule has 0 spiro atoms. The Morgan fingerprint density at radius 1 is 1.63 bits per heavy atom. The molecule has 19 heavy (non-hydrogen) atoms. The van der Waals surface area contributed by atoms with Crippen molar-refractivity contribution < 1.29 is 9.32 Å². The maximum Gasteiger partial charge on any atom is 0.229 e. The van der Waals surface area contributed by atoms with Crippen molar-refractivity contribution >= 4 is 29.9 Å². The van der Waals surface area contributed by atoms with E-state index in [9.17, 15) is 4.79 Å². The van der Waals surface area contributed by atoms with Gasteiger partial charge in [0.05, 0.1) is 5.69 Å². The quantitative estimate of drug-likeness (QED) is 0.926. The van der Waals surface area contributed by atoms with Crippen LogP contribution in [-0.2, 0) is 11.2 Å². The minimum Gasteiger partial charge on any atom is -0.344 e. The third kappa shape index (κ3) is 4.09. The van der Waals surface area contributed by atoms with Gasteiger partial charge in [-0.15, -0.1) is 12.4 Å². The Morgan fingerprint density at radius 3 is 2.95 bits per heavy atom. The van der Waals surface area contributed by atoms with E-state index in [0.29, 0.717) is 19.4 Å². The highest BCUT2D eigenvalue weighted by Crippen LogP contribution is 2.21. The van der Waals surface area contributed by atoms with E-state index in [4.69, 9.17) is 21.9 Å². The van der Waals surface area contributed by atoms with Crippen molar-refractivity contribution in [2.45, 2.75) is 38.6 Å². The molecule has 1 aliphatic heterocycles. The number of likely N-dealkylation sites (tertiary alicyclic amines) is 1. The van der Waals surface area contributed by atoms with Gasteiger partial charge in [0, 0.05) is 31.1 Å². The van der Waals surface area contributed by atoms with Gasteiger partial charge in [-0.2, -0.15) is 0 Å². The van der Waals surface area contributed by atoms with Crippen LogP contribution in [0.5, 0.6) is 0 Å². The van der Waals surface area contributed by atoms with Crippen LogP contribution in [0.4, 0.5) is 0 Å². The predicted molar refractivity (Wildman–Crippen MR) is 75.6 cm³/mol. The fourth-order valence-electron chi connectivity index (χ4n) is 2.27. The van der Waals surface area contributed by atoms with E-state index in [1.807, 2.05) is 11.8 Å². The van der Waals surface area contributed by atoms with Crippen molar-refractivity contribution in [3.05, 3.63) is 16.5 Å². The predicted octanol–water partition coefficient (Wildman–Crippen LogP) is 1.94. The number of carbonyl (C=O) groups is 1. The zero-order chi connectivity index (χ0) is 13.1. The van der Waals surface area contributed by atoms with Crippen LogP contribution in [0.3, 0.4) is 0 Å². The molecule has 1 saturated heterocycles. The van der Waals surface area contributed by atoms with Gasteiger partial charge in [0.2, 0.25) is 11.1 Å². The van der Waals surface area contributed by atoms with E-state index in [0.717, 1.165) is 30.6 Å². The molecule has 0 saturated carbocycles. The molecule has 7 heteroatoms. The van der Waals surface area contributed by atoms with Gasteiger partial charge in [-0.3, -0.25) is 4.79 Å². The molecule has 1 atom stereocenters.